The lowest BCUT2D eigenvalue weighted by Crippen LogP contribution is -1.93. The third-order valence-electron chi connectivity index (χ3n) is 1.82. The number of rotatable bonds is 2. The second-order valence-corrected chi connectivity index (χ2v) is 4.04. The Hall–Kier alpha value is -0.0900. The summed E-state index contributed by atoms with van der Waals surface area (Å²) in [6, 6.07) is 0. The van der Waals surface area contributed by atoms with Crippen LogP contribution >= 0.6 is 8.58 Å². The van der Waals surface area contributed by atoms with Gasteiger partial charge in [-0.1, -0.05) is 12.2 Å². The van der Waals surface area contributed by atoms with Crippen LogP contribution in [0.15, 0.2) is 25.3 Å². The van der Waals surface area contributed by atoms with Crippen LogP contribution in [-0.2, 0) is 0 Å². The van der Waals surface area contributed by atoms with Crippen LogP contribution in [0.25, 0.3) is 0 Å². The van der Waals surface area contributed by atoms with E-state index in [9.17, 15) is 0 Å². The van der Waals surface area contributed by atoms with E-state index >= 15 is 0 Å². The Bertz CT molecular complexity index is 104. The normalized spacial score (nSPS) is 36.9. The Morgan fingerprint density at radius 1 is 1.33 bits per heavy atom. The zero-order valence-electron chi connectivity index (χ0n) is 5.64. The molecule has 0 aromatic carbocycles. The van der Waals surface area contributed by atoms with Crippen molar-refractivity contribution in [3.63, 3.8) is 0 Å². The van der Waals surface area contributed by atoms with Crippen molar-refractivity contribution < 1.29 is 0 Å². The monoisotopic (exact) mass is 140 g/mol. The van der Waals surface area contributed by atoms with E-state index in [4.69, 9.17) is 0 Å². The fraction of sp³-hybridized carbons (Fsp3) is 0.500. The standard InChI is InChI=1S/C8H13P/c1-3-7-5-8(4-2)9-6-7/h3-4,7-9H,1-2,5-6H2. The third kappa shape index (κ3) is 1.66. The van der Waals surface area contributed by atoms with Gasteiger partial charge in [0, 0.05) is 0 Å². The molecule has 1 fully saturated rings. The van der Waals surface area contributed by atoms with Gasteiger partial charge in [0.1, 0.15) is 0 Å². The SMILES string of the molecule is C=CC1CPC(C=C)C1. The summed E-state index contributed by atoms with van der Waals surface area (Å²) in [5.41, 5.74) is 0.799. The van der Waals surface area contributed by atoms with Crippen LogP contribution in [-0.4, -0.2) is 11.8 Å². The molecule has 0 bridgehead atoms. The van der Waals surface area contributed by atoms with Gasteiger partial charge in [0.15, 0.2) is 0 Å². The molecule has 50 valence electrons. The number of hydrogen-bond acceptors (Lipinski definition) is 0. The predicted octanol–water partition coefficient (Wildman–Crippen LogP) is 2.43. The summed E-state index contributed by atoms with van der Waals surface area (Å²) in [7, 11) is 1.10. The maximum atomic E-state index is 3.78. The van der Waals surface area contributed by atoms with Crippen molar-refractivity contribution in [1.82, 2.24) is 0 Å². The molecule has 1 aliphatic rings. The molecule has 0 aromatic heterocycles. The largest absolute Gasteiger partial charge is 0.114 e. The summed E-state index contributed by atoms with van der Waals surface area (Å²) in [6.45, 7) is 7.57. The van der Waals surface area contributed by atoms with E-state index < -0.39 is 0 Å². The highest BCUT2D eigenvalue weighted by atomic mass is 31.1. The highest BCUT2D eigenvalue weighted by Crippen LogP contribution is 2.37. The van der Waals surface area contributed by atoms with Crippen LogP contribution < -0.4 is 0 Å². The summed E-state index contributed by atoms with van der Waals surface area (Å²) < 4.78 is 0. The molecule has 3 unspecified atom stereocenters. The first-order chi connectivity index (χ1) is 4.36. The van der Waals surface area contributed by atoms with Crippen LogP contribution in [0.5, 0.6) is 0 Å². The van der Waals surface area contributed by atoms with Gasteiger partial charge in [-0.3, -0.25) is 0 Å². The van der Waals surface area contributed by atoms with Crippen molar-refractivity contribution in [3.8, 4) is 0 Å². The minimum Gasteiger partial charge on any atom is -0.114 e. The molecular weight excluding hydrogens is 127 g/mol. The molecule has 0 radical (unpaired) electrons. The van der Waals surface area contributed by atoms with Crippen LogP contribution in [0.2, 0.25) is 0 Å². The Balaban J connectivity index is 2.36. The molecule has 0 saturated carbocycles. The van der Waals surface area contributed by atoms with Crippen LogP contribution in [0.1, 0.15) is 6.42 Å². The van der Waals surface area contributed by atoms with E-state index in [0.717, 1.165) is 20.2 Å². The van der Waals surface area contributed by atoms with Crippen molar-refractivity contribution in [2.45, 2.75) is 12.1 Å². The lowest BCUT2D eigenvalue weighted by Gasteiger charge is -1.99. The maximum absolute atomic E-state index is 3.78. The van der Waals surface area contributed by atoms with Gasteiger partial charge in [0.2, 0.25) is 0 Å². The molecule has 0 N–H and O–H groups in total. The van der Waals surface area contributed by atoms with Gasteiger partial charge in [-0.2, -0.15) is 0 Å². The van der Waals surface area contributed by atoms with Gasteiger partial charge < -0.3 is 0 Å². The fourth-order valence-corrected chi connectivity index (χ4v) is 2.73. The summed E-state index contributed by atoms with van der Waals surface area (Å²) in [5, 5.41) is 0. The molecule has 0 nitrogen and oxygen atoms in total. The molecule has 9 heavy (non-hydrogen) atoms. The first-order valence-electron chi connectivity index (χ1n) is 3.35. The highest BCUT2D eigenvalue weighted by molar-refractivity contribution is 7.39. The first kappa shape index (κ1) is 7.02. The van der Waals surface area contributed by atoms with E-state index in [2.05, 4.69) is 25.3 Å². The van der Waals surface area contributed by atoms with E-state index in [1.165, 1.54) is 12.6 Å². The molecule has 1 aliphatic heterocycles. The first-order valence-corrected chi connectivity index (χ1v) is 4.63. The van der Waals surface area contributed by atoms with Crippen molar-refractivity contribution >= 4 is 8.58 Å². The lowest BCUT2D eigenvalue weighted by molar-refractivity contribution is 0.714. The average Bonchev–Trinajstić information content (AvgIpc) is 2.34. The molecule has 0 amide bonds. The summed E-state index contributed by atoms with van der Waals surface area (Å²) in [5.74, 6) is 0.784. The van der Waals surface area contributed by atoms with Crippen molar-refractivity contribution in [3.05, 3.63) is 25.3 Å². The molecule has 1 heterocycles. The summed E-state index contributed by atoms with van der Waals surface area (Å²) in [6.07, 6.45) is 6.81. The Kier molecular flexibility index (Phi) is 2.48. The molecule has 0 aromatic rings. The van der Waals surface area contributed by atoms with E-state index in [1.807, 2.05) is 0 Å². The molecule has 1 heteroatoms. The Morgan fingerprint density at radius 3 is 2.44 bits per heavy atom. The molecule has 0 spiro atoms. The second-order valence-electron chi connectivity index (χ2n) is 2.48. The van der Waals surface area contributed by atoms with E-state index in [-0.39, 0.29) is 0 Å². The summed E-state index contributed by atoms with van der Waals surface area (Å²) in [4.78, 5) is 0. The topological polar surface area (TPSA) is 0 Å². The maximum Gasteiger partial charge on any atom is -0.00540 e. The predicted molar refractivity (Wildman–Crippen MR) is 45.5 cm³/mol. The van der Waals surface area contributed by atoms with Crippen LogP contribution in [0.3, 0.4) is 0 Å². The second kappa shape index (κ2) is 3.17. The van der Waals surface area contributed by atoms with Crippen molar-refractivity contribution in [1.29, 1.82) is 0 Å². The third-order valence-corrected chi connectivity index (χ3v) is 3.57. The lowest BCUT2D eigenvalue weighted by atomic mass is 10.1. The van der Waals surface area contributed by atoms with Gasteiger partial charge >= 0.3 is 0 Å². The summed E-state index contributed by atoms with van der Waals surface area (Å²) >= 11 is 0. The average molecular weight is 140 g/mol. The van der Waals surface area contributed by atoms with Gasteiger partial charge in [0.05, 0.1) is 0 Å². The number of allylic oxidation sites excluding steroid dienone is 2. The minimum atomic E-state index is 0.784. The zero-order valence-corrected chi connectivity index (χ0v) is 6.64. The molecule has 1 rings (SSSR count). The van der Waals surface area contributed by atoms with Crippen molar-refractivity contribution in [2.75, 3.05) is 6.16 Å². The molecule has 3 atom stereocenters. The smallest absolute Gasteiger partial charge is 0.00540 e. The van der Waals surface area contributed by atoms with Gasteiger partial charge in [0.25, 0.3) is 0 Å². The molecule has 0 aliphatic carbocycles. The zero-order chi connectivity index (χ0) is 6.69. The van der Waals surface area contributed by atoms with Crippen LogP contribution in [0, 0.1) is 5.92 Å². The Labute approximate surface area is 58.8 Å². The van der Waals surface area contributed by atoms with Crippen molar-refractivity contribution in [2.24, 2.45) is 5.92 Å². The van der Waals surface area contributed by atoms with Gasteiger partial charge in [-0.15, -0.1) is 21.7 Å². The van der Waals surface area contributed by atoms with E-state index in [0.29, 0.717) is 0 Å². The number of hydrogen-bond donors (Lipinski definition) is 0. The fourth-order valence-electron chi connectivity index (χ4n) is 1.15. The highest BCUT2D eigenvalue weighted by Gasteiger charge is 2.18. The molecule has 1 saturated heterocycles. The molecular formula is C8H13P. The Morgan fingerprint density at radius 2 is 2.11 bits per heavy atom. The minimum absolute atomic E-state index is 0.784. The quantitative estimate of drug-likeness (QED) is 0.408. The van der Waals surface area contributed by atoms with Gasteiger partial charge in [-0.05, 0) is 24.2 Å². The van der Waals surface area contributed by atoms with Crippen LogP contribution in [0.4, 0.5) is 0 Å². The van der Waals surface area contributed by atoms with Gasteiger partial charge in [-0.25, -0.2) is 0 Å². The van der Waals surface area contributed by atoms with E-state index in [1.54, 1.807) is 0 Å².